The fourth-order valence-corrected chi connectivity index (χ4v) is 5.25. The van der Waals surface area contributed by atoms with Crippen LogP contribution >= 0.6 is 35.7 Å². The van der Waals surface area contributed by atoms with Crippen molar-refractivity contribution < 1.29 is 14.2 Å². The molecule has 0 saturated carbocycles. The Balaban J connectivity index is 0.00000261. The Morgan fingerprint density at radius 1 is 1.26 bits per heavy atom. The molecule has 2 atom stereocenters. The summed E-state index contributed by atoms with van der Waals surface area (Å²) in [5.74, 6) is 3.32. The van der Waals surface area contributed by atoms with Gasteiger partial charge in [0.25, 0.3) is 0 Å². The van der Waals surface area contributed by atoms with Crippen LogP contribution in [0.15, 0.2) is 4.99 Å². The van der Waals surface area contributed by atoms with Crippen LogP contribution in [0.25, 0.3) is 0 Å². The number of nitrogens with zero attached hydrogens (tertiary/aromatic N) is 2. The van der Waals surface area contributed by atoms with Gasteiger partial charge in [0, 0.05) is 57.7 Å². The minimum absolute atomic E-state index is 0. The first-order chi connectivity index (χ1) is 12.8. The van der Waals surface area contributed by atoms with Crippen LogP contribution in [0.5, 0.6) is 0 Å². The highest BCUT2D eigenvalue weighted by Gasteiger charge is 2.40. The monoisotopic (exact) mass is 514 g/mol. The predicted molar refractivity (Wildman–Crippen MR) is 122 cm³/mol. The maximum Gasteiger partial charge on any atom is 0.191 e. The molecular formula is C18H35IN4O3S. The molecule has 0 bridgehead atoms. The zero-order chi connectivity index (χ0) is 18.1. The molecule has 0 aromatic heterocycles. The van der Waals surface area contributed by atoms with Crippen molar-refractivity contribution in [1.82, 2.24) is 15.5 Å². The van der Waals surface area contributed by atoms with Crippen molar-refractivity contribution in [2.75, 3.05) is 77.8 Å². The Morgan fingerprint density at radius 2 is 2.11 bits per heavy atom. The molecule has 3 rings (SSSR count). The highest BCUT2D eigenvalue weighted by Crippen LogP contribution is 2.33. The van der Waals surface area contributed by atoms with Gasteiger partial charge < -0.3 is 24.8 Å². The SMILES string of the molecule is CN=C(NCCCOC1CCOC1)NCC1(N2CCOCC2)CCSC1.I. The first-order valence-electron chi connectivity index (χ1n) is 9.87. The molecule has 0 aromatic rings. The summed E-state index contributed by atoms with van der Waals surface area (Å²) >= 11 is 2.06. The van der Waals surface area contributed by atoms with Crippen LogP contribution in [0, 0.1) is 0 Å². The van der Waals surface area contributed by atoms with Gasteiger partial charge in [0.2, 0.25) is 0 Å². The second-order valence-electron chi connectivity index (χ2n) is 7.19. The maximum absolute atomic E-state index is 5.81. The maximum atomic E-state index is 5.81. The third-order valence-electron chi connectivity index (χ3n) is 5.43. The number of ether oxygens (including phenoxy) is 3. The third kappa shape index (κ3) is 7.18. The molecule has 158 valence electrons. The van der Waals surface area contributed by atoms with Crippen LogP contribution in [0.3, 0.4) is 0 Å². The number of guanidine groups is 1. The van der Waals surface area contributed by atoms with E-state index in [4.69, 9.17) is 14.2 Å². The molecule has 7 nitrogen and oxygen atoms in total. The molecule has 2 N–H and O–H groups in total. The molecule has 27 heavy (non-hydrogen) atoms. The topological polar surface area (TPSA) is 67.4 Å². The molecular weight excluding hydrogens is 479 g/mol. The first-order valence-corrected chi connectivity index (χ1v) is 11.0. The van der Waals surface area contributed by atoms with Crippen molar-refractivity contribution in [1.29, 1.82) is 0 Å². The molecule has 0 radical (unpaired) electrons. The third-order valence-corrected chi connectivity index (χ3v) is 6.66. The summed E-state index contributed by atoms with van der Waals surface area (Å²) in [7, 11) is 1.84. The normalized spacial score (nSPS) is 29.5. The van der Waals surface area contributed by atoms with Gasteiger partial charge in [-0.25, -0.2) is 0 Å². The quantitative estimate of drug-likeness (QED) is 0.218. The predicted octanol–water partition coefficient (Wildman–Crippen LogP) is 1.17. The van der Waals surface area contributed by atoms with Crippen LogP contribution in [0.4, 0.5) is 0 Å². The zero-order valence-electron chi connectivity index (χ0n) is 16.4. The van der Waals surface area contributed by atoms with Gasteiger partial charge in [-0.15, -0.1) is 24.0 Å². The van der Waals surface area contributed by atoms with E-state index >= 15 is 0 Å². The first kappa shape index (κ1) is 23.5. The number of thioether (sulfide) groups is 1. The lowest BCUT2D eigenvalue weighted by Crippen LogP contribution is -2.60. The number of hydrogen-bond acceptors (Lipinski definition) is 6. The van der Waals surface area contributed by atoms with Gasteiger partial charge in [-0.1, -0.05) is 0 Å². The Kier molecular flexibility index (Phi) is 11.0. The number of aliphatic imine (C=N–C) groups is 1. The molecule has 3 saturated heterocycles. The van der Waals surface area contributed by atoms with Crippen molar-refractivity contribution in [3.63, 3.8) is 0 Å². The second kappa shape index (κ2) is 12.7. The Hall–Kier alpha value is 0.190. The van der Waals surface area contributed by atoms with Crippen LogP contribution in [0.2, 0.25) is 0 Å². The van der Waals surface area contributed by atoms with Crippen molar-refractivity contribution in [3.05, 3.63) is 0 Å². The zero-order valence-corrected chi connectivity index (χ0v) is 19.6. The summed E-state index contributed by atoms with van der Waals surface area (Å²) in [6.45, 7) is 7.94. The Labute approximate surface area is 184 Å². The van der Waals surface area contributed by atoms with Gasteiger partial charge in [0.05, 0.1) is 25.9 Å². The lowest BCUT2D eigenvalue weighted by atomic mass is 9.95. The molecule has 3 heterocycles. The molecule has 0 amide bonds. The molecule has 2 unspecified atom stereocenters. The van der Waals surface area contributed by atoms with Crippen molar-refractivity contribution in [2.24, 2.45) is 4.99 Å². The fourth-order valence-electron chi connectivity index (χ4n) is 3.78. The lowest BCUT2D eigenvalue weighted by Gasteiger charge is -2.43. The van der Waals surface area contributed by atoms with Crippen molar-refractivity contribution in [2.45, 2.75) is 30.9 Å². The van der Waals surface area contributed by atoms with E-state index in [1.807, 2.05) is 7.05 Å². The molecule has 0 spiro atoms. The molecule has 0 aromatic carbocycles. The highest BCUT2D eigenvalue weighted by atomic mass is 127. The number of halogens is 1. The van der Waals surface area contributed by atoms with Gasteiger partial charge in [-0.05, 0) is 25.0 Å². The second-order valence-corrected chi connectivity index (χ2v) is 8.29. The molecule has 3 aliphatic heterocycles. The number of rotatable bonds is 8. The fraction of sp³-hybridized carbons (Fsp3) is 0.944. The van der Waals surface area contributed by atoms with Crippen LogP contribution in [-0.2, 0) is 14.2 Å². The summed E-state index contributed by atoms with van der Waals surface area (Å²) < 4.78 is 16.7. The molecule has 0 aliphatic carbocycles. The minimum atomic E-state index is 0. The summed E-state index contributed by atoms with van der Waals surface area (Å²) in [5.41, 5.74) is 0.234. The summed E-state index contributed by atoms with van der Waals surface area (Å²) in [4.78, 5) is 7.00. The highest BCUT2D eigenvalue weighted by molar-refractivity contribution is 14.0. The van der Waals surface area contributed by atoms with Crippen LogP contribution < -0.4 is 10.6 Å². The van der Waals surface area contributed by atoms with E-state index in [1.165, 1.54) is 17.9 Å². The van der Waals surface area contributed by atoms with Gasteiger partial charge in [0.1, 0.15) is 0 Å². The molecule has 9 heteroatoms. The smallest absolute Gasteiger partial charge is 0.191 e. The van der Waals surface area contributed by atoms with Crippen LogP contribution in [-0.4, -0.2) is 100 Å². The van der Waals surface area contributed by atoms with E-state index in [1.54, 1.807) is 0 Å². The minimum Gasteiger partial charge on any atom is -0.379 e. The summed E-state index contributed by atoms with van der Waals surface area (Å²) in [6.07, 6.45) is 3.53. The molecule has 3 fully saturated rings. The number of morpholine rings is 1. The summed E-state index contributed by atoms with van der Waals surface area (Å²) in [6, 6.07) is 0. The number of hydrogen-bond donors (Lipinski definition) is 2. The van der Waals surface area contributed by atoms with Crippen molar-refractivity contribution in [3.8, 4) is 0 Å². The van der Waals surface area contributed by atoms with Crippen molar-refractivity contribution >= 4 is 41.7 Å². The largest absolute Gasteiger partial charge is 0.379 e. The van der Waals surface area contributed by atoms with Gasteiger partial charge in [-0.3, -0.25) is 9.89 Å². The van der Waals surface area contributed by atoms with E-state index in [0.29, 0.717) is 6.10 Å². The van der Waals surface area contributed by atoms with E-state index in [9.17, 15) is 0 Å². The van der Waals surface area contributed by atoms with Gasteiger partial charge in [-0.2, -0.15) is 11.8 Å². The van der Waals surface area contributed by atoms with Crippen LogP contribution in [0.1, 0.15) is 19.3 Å². The van der Waals surface area contributed by atoms with Gasteiger partial charge >= 0.3 is 0 Å². The van der Waals surface area contributed by atoms with E-state index < -0.39 is 0 Å². The summed E-state index contributed by atoms with van der Waals surface area (Å²) in [5, 5.41) is 6.98. The molecule has 3 aliphatic rings. The van der Waals surface area contributed by atoms with E-state index in [-0.39, 0.29) is 29.5 Å². The van der Waals surface area contributed by atoms with Gasteiger partial charge in [0.15, 0.2) is 5.96 Å². The standard InChI is InChI=1S/C18H34N4O3S.HI/c1-19-17(20-5-2-8-25-16-3-9-24-13-16)21-14-18(4-12-26-15-18)22-6-10-23-11-7-22;/h16H,2-15H2,1H3,(H2,19,20,21);1H. The Bertz CT molecular complexity index is 440. The number of nitrogens with one attached hydrogen (secondary N) is 2. The Morgan fingerprint density at radius 3 is 2.78 bits per heavy atom. The van der Waals surface area contributed by atoms with E-state index in [2.05, 4.69) is 32.3 Å². The average Bonchev–Trinajstić information content (AvgIpc) is 3.37. The lowest BCUT2D eigenvalue weighted by molar-refractivity contribution is -0.0120. The van der Waals surface area contributed by atoms with E-state index in [0.717, 1.165) is 78.0 Å². The average molecular weight is 514 g/mol.